The quantitative estimate of drug-likeness (QED) is 0.837. The van der Waals surface area contributed by atoms with Crippen LogP contribution in [0.25, 0.3) is 0 Å². The molecule has 1 atom stereocenters. The summed E-state index contributed by atoms with van der Waals surface area (Å²) in [6.45, 7) is 2.11. The number of carbonyl (C=O) groups excluding carboxylic acids is 2. The molecule has 1 saturated heterocycles. The van der Waals surface area contributed by atoms with Crippen LogP contribution in [0.1, 0.15) is 44.6 Å². The maximum atomic E-state index is 12.7. The van der Waals surface area contributed by atoms with Gasteiger partial charge in [0, 0.05) is 31.6 Å². The lowest BCUT2D eigenvalue weighted by molar-refractivity contribution is -0.139. The van der Waals surface area contributed by atoms with Gasteiger partial charge in [-0.05, 0) is 37.3 Å². The highest BCUT2D eigenvalue weighted by molar-refractivity contribution is 5.91. The second-order valence-corrected chi connectivity index (χ2v) is 6.18. The van der Waals surface area contributed by atoms with Gasteiger partial charge in [0.1, 0.15) is 0 Å². The number of likely N-dealkylation sites (tertiary alicyclic amines) is 1. The zero-order valence-corrected chi connectivity index (χ0v) is 14.0. The molecule has 1 aromatic carbocycles. The van der Waals surface area contributed by atoms with Gasteiger partial charge in [-0.1, -0.05) is 18.2 Å². The number of carboxylic acids is 1. The largest absolute Gasteiger partial charge is 0.481 e. The lowest BCUT2D eigenvalue weighted by Crippen LogP contribution is -2.44. The molecule has 1 fully saturated rings. The minimum Gasteiger partial charge on any atom is -0.481 e. The SMILES string of the molecule is CC(=O)Nc1ccccc1CC(=O)N1CCCCC1CCC(=O)O. The molecule has 24 heavy (non-hydrogen) atoms. The fourth-order valence-electron chi connectivity index (χ4n) is 3.17. The van der Waals surface area contributed by atoms with Gasteiger partial charge in [-0.25, -0.2) is 0 Å². The molecule has 6 nitrogen and oxygen atoms in total. The third-order valence-corrected chi connectivity index (χ3v) is 4.31. The number of piperidine rings is 1. The van der Waals surface area contributed by atoms with Crippen molar-refractivity contribution in [3.63, 3.8) is 0 Å². The smallest absolute Gasteiger partial charge is 0.303 e. The Morgan fingerprint density at radius 3 is 2.71 bits per heavy atom. The summed E-state index contributed by atoms with van der Waals surface area (Å²) in [6, 6.07) is 7.26. The normalized spacial score (nSPS) is 17.4. The van der Waals surface area contributed by atoms with Gasteiger partial charge in [0.2, 0.25) is 11.8 Å². The van der Waals surface area contributed by atoms with Gasteiger partial charge in [0.15, 0.2) is 0 Å². The van der Waals surface area contributed by atoms with Gasteiger partial charge < -0.3 is 15.3 Å². The van der Waals surface area contributed by atoms with Gasteiger partial charge in [0.25, 0.3) is 0 Å². The lowest BCUT2D eigenvalue weighted by atomic mass is 9.96. The molecular weight excluding hydrogens is 308 g/mol. The van der Waals surface area contributed by atoms with E-state index in [1.807, 2.05) is 23.1 Å². The molecule has 2 N–H and O–H groups in total. The Morgan fingerprint density at radius 1 is 1.25 bits per heavy atom. The molecule has 1 heterocycles. The number of benzene rings is 1. The average molecular weight is 332 g/mol. The standard InChI is InChI=1S/C18H24N2O4/c1-13(21)19-16-8-3-2-6-14(16)12-17(22)20-11-5-4-7-15(20)9-10-18(23)24/h2-3,6,8,15H,4-5,7,9-12H2,1H3,(H,19,21)(H,23,24). The molecule has 1 aliphatic heterocycles. The van der Waals surface area contributed by atoms with E-state index in [-0.39, 0.29) is 30.7 Å². The van der Waals surface area contributed by atoms with E-state index in [1.165, 1.54) is 6.92 Å². The highest BCUT2D eigenvalue weighted by Crippen LogP contribution is 2.23. The Bertz CT molecular complexity index is 615. The number of aliphatic carboxylic acids is 1. The van der Waals surface area contributed by atoms with Crippen molar-refractivity contribution in [1.82, 2.24) is 4.90 Å². The summed E-state index contributed by atoms with van der Waals surface area (Å²) < 4.78 is 0. The summed E-state index contributed by atoms with van der Waals surface area (Å²) in [5.41, 5.74) is 1.43. The molecule has 0 spiro atoms. The van der Waals surface area contributed by atoms with E-state index in [0.717, 1.165) is 24.8 Å². The van der Waals surface area contributed by atoms with E-state index < -0.39 is 5.97 Å². The molecule has 1 unspecified atom stereocenters. The fourth-order valence-corrected chi connectivity index (χ4v) is 3.17. The van der Waals surface area contributed by atoms with Crippen LogP contribution in [-0.2, 0) is 20.8 Å². The third-order valence-electron chi connectivity index (χ3n) is 4.31. The van der Waals surface area contributed by atoms with E-state index in [4.69, 9.17) is 5.11 Å². The Labute approximate surface area is 141 Å². The fraction of sp³-hybridized carbons (Fsp3) is 0.500. The van der Waals surface area contributed by atoms with Gasteiger partial charge in [-0.15, -0.1) is 0 Å². The Hall–Kier alpha value is -2.37. The van der Waals surface area contributed by atoms with E-state index in [1.54, 1.807) is 6.07 Å². The molecule has 0 aromatic heterocycles. The van der Waals surface area contributed by atoms with E-state index >= 15 is 0 Å². The number of nitrogens with one attached hydrogen (secondary N) is 1. The van der Waals surface area contributed by atoms with Crippen LogP contribution in [0.2, 0.25) is 0 Å². The number of para-hydroxylation sites is 1. The van der Waals surface area contributed by atoms with Crippen LogP contribution in [0.15, 0.2) is 24.3 Å². The Balaban J connectivity index is 2.07. The van der Waals surface area contributed by atoms with Crippen LogP contribution < -0.4 is 5.32 Å². The van der Waals surface area contributed by atoms with Crippen LogP contribution in [0.3, 0.4) is 0 Å². The van der Waals surface area contributed by atoms with Gasteiger partial charge in [0.05, 0.1) is 6.42 Å². The Kier molecular flexibility index (Phi) is 6.35. The van der Waals surface area contributed by atoms with Crippen LogP contribution in [0.4, 0.5) is 5.69 Å². The first-order valence-electron chi connectivity index (χ1n) is 8.34. The molecule has 1 aromatic rings. The molecule has 0 aliphatic carbocycles. The van der Waals surface area contributed by atoms with Crippen LogP contribution in [-0.4, -0.2) is 40.4 Å². The summed E-state index contributed by atoms with van der Waals surface area (Å²) in [6.07, 6.45) is 3.61. The zero-order valence-electron chi connectivity index (χ0n) is 14.0. The van der Waals surface area contributed by atoms with E-state index in [2.05, 4.69) is 5.32 Å². The van der Waals surface area contributed by atoms with Crippen molar-refractivity contribution in [1.29, 1.82) is 0 Å². The Morgan fingerprint density at radius 2 is 2.00 bits per heavy atom. The number of amides is 2. The second-order valence-electron chi connectivity index (χ2n) is 6.18. The highest BCUT2D eigenvalue weighted by Gasteiger charge is 2.27. The molecule has 0 bridgehead atoms. The molecule has 0 saturated carbocycles. The maximum Gasteiger partial charge on any atom is 0.303 e. The monoisotopic (exact) mass is 332 g/mol. The lowest BCUT2D eigenvalue weighted by Gasteiger charge is -2.36. The first-order valence-corrected chi connectivity index (χ1v) is 8.34. The van der Waals surface area contributed by atoms with Crippen molar-refractivity contribution in [2.45, 2.75) is 51.5 Å². The summed E-state index contributed by atoms with van der Waals surface area (Å²) in [5.74, 6) is -1.01. The summed E-state index contributed by atoms with van der Waals surface area (Å²) in [7, 11) is 0. The van der Waals surface area contributed by atoms with Crippen LogP contribution in [0.5, 0.6) is 0 Å². The van der Waals surface area contributed by atoms with E-state index in [9.17, 15) is 14.4 Å². The van der Waals surface area contributed by atoms with Crippen molar-refractivity contribution in [3.8, 4) is 0 Å². The van der Waals surface area contributed by atoms with Crippen LogP contribution in [0, 0.1) is 0 Å². The number of nitrogens with zero attached hydrogens (tertiary/aromatic N) is 1. The summed E-state index contributed by atoms with van der Waals surface area (Å²) in [5, 5.41) is 11.6. The molecule has 6 heteroatoms. The molecule has 130 valence electrons. The van der Waals surface area contributed by atoms with Crippen molar-refractivity contribution >= 4 is 23.5 Å². The summed E-state index contributed by atoms with van der Waals surface area (Å²) >= 11 is 0. The minimum atomic E-state index is -0.830. The zero-order chi connectivity index (χ0) is 17.5. The average Bonchev–Trinajstić information content (AvgIpc) is 2.54. The highest BCUT2D eigenvalue weighted by atomic mass is 16.4. The number of hydrogen-bond acceptors (Lipinski definition) is 3. The predicted octanol–water partition coefficient (Wildman–Crippen LogP) is 2.43. The molecule has 2 rings (SSSR count). The minimum absolute atomic E-state index is 0.00437. The van der Waals surface area contributed by atoms with Gasteiger partial charge in [-0.2, -0.15) is 0 Å². The van der Waals surface area contributed by atoms with Crippen molar-refractivity contribution in [3.05, 3.63) is 29.8 Å². The first-order chi connectivity index (χ1) is 11.5. The van der Waals surface area contributed by atoms with Gasteiger partial charge >= 0.3 is 5.97 Å². The number of carboxylic acid groups (broad SMARTS) is 1. The molecule has 2 amide bonds. The topological polar surface area (TPSA) is 86.7 Å². The van der Waals surface area contributed by atoms with Crippen LogP contribution >= 0.6 is 0 Å². The molecule has 0 radical (unpaired) electrons. The summed E-state index contributed by atoms with van der Waals surface area (Å²) in [4.78, 5) is 36.6. The molecule has 1 aliphatic rings. The number of hydrogen-bond donors (Lipinski definition) is 2. The number of rotatable bonds is 6. The maximum absolute atomic E-state index is 12.7. The van der Waals surface area contributed by atoms with Crippen molar-refractivity contribution in [2.75, 3.05) is 11.9 Å². The first kappa shape index (κ1) is 18.0. The molecular formula is C18H24N2O4. The van der Waals surface area contributed by atoms with Crippen molar-refractivity contribution < 1.29 is 19.5 Å². The number of carbonyl (C=O) groups is 3. The number of anilines is 1. The predicted molar refractivity (Wildman–Crippen MR) is 90.7 cm³/mol. The third kappa shape index (κ3) is 5.08. The van der Waals surface area contributed by atoms with E-state index in [0.29, 0.717) is 18.7 Å². The van der Waals surface area contributed by atoms with Gasteiger partial charge in [-0.3, -0.25) is 14.4 Å². The second kappa shape index (κ2) is 8.47. The van der Waals surface area contributed by atoms with Crippen molar-refractivity contribution in [2.24, 2.45) is 0 Å².